The number of esters is 1. The number of ether oxygens (including phenoxy) is 1. The fraction of sp³-hybridized carbons (Fsp3) is 0.300. The zero-order chi connectivity index (χ0) is 11.5. The van der Waals surface area contributed by atoms with Crippen LogP contribution in [0.4, 0.5) is 13.2 Å². The molecule has 0 saturated carbocycles. The molecule has 0 aliphatic heterocycles. The minimum atomic E-state index is -4.93. The van der Waals surface area contributed by atoms with E-state index in [1.54, 1.807) is 19.1 Å². The van der Waals surface area contributed by atoms with Crippen LogP contribution in [0.1, 0.15) is 22.8 Å². The molecule has 0 bridgehead atoms. The first kappa shape index (κ1) is 11.6. The molecule has 0 atom stereocenters. The third-order valence-electron chi connectivity index (χ3n) is 1.83. The molecule has 1 aromatic carbocycles. The van der Waals surface area contributed by atoms with Crippen LogP contribution in [0.15, 0.2) is 24.3 Å². The molecule has 82 valence electrons. The highest BCUT2D eigenvalue weighted by Gasteiger charge is 2.34. The van der Waals surface area contributed by atoms with E-state index in [1.807, 2.05) is 0 Å². The molecule has 0 radical (unpaired) electrons. The summed E-state index contributed by atoms with van der Waals surface area (Å²) in [5.41, 5.74) is 0.490. The highest BCUT2D eigenvalue weighted by atomic mass is 19.4. The molecule has 0 spiro atoms. The zero-order valence-electron chi connectivity index (χ0n) is 7.97. The van der Waals surface area contributed by atoms with Gasteiger partial charge in [0.15, 0.2) is 0 Å². The standard InChI is InChI=1S/C10H9F3O2/c1-2-7-5-3-4-6-8(7)9(14)15-10(11,12)13/h3-6H,2H2,1H3. The molecule has 0 aliphatic rings. The van der Waals surface area contributed by atoms with Crippen LogP contribution in [0.25, 0.3) is 0 Å². The Morgan fingerprint density at radius 3 is 2.47 bits per heavy atom. The molecule has 0 unspecified atom stereocenters. The van der Waals surface area contributed by atoms with Crippen molar-refractivity contribution >= 4 is 5.97 Å². The Balaban J connectivity index is 2.91. The Hall–Kier alpha value is -1.52. The van der Waals surface area contributed by atoms with E-state index in [-0.39, 0.29) is 5.56 Å². The van der Waals surface area contributed by atoms with Gasteiger partial charge in [0.25, 0.3) is 0 Å². The molecule has 0 N–H and O–H groups in total. The number of carbonyl (C=O) groups is 1. The van der Waals surface area contributed by atoms with Crippen molar-refractivity contribution in [1.29, 1.82) is 0 Å². The van der Waals surface area contributed by atoms with E-state index in [4.69, 9.17) is 0 Å². The van der Waals surface area contributed by atoms with Crippen molar-refractivity contribution in [3.05, 3.63) is 35.4 Å². The van der Waals surface area contributed by atoms with Crippen molar-refractivity contribution in [1.82, 2.24) is 0 Å². The number of rotatable bonds is 2. The monoisotopic (exact) mass is 218 g/mol. The molecule has 0 aliphatic carbocycles. The van der Waals surface area contributed by atoms with Crippen LogP contribution in [-0.2, 0) is 11.2 Å². The topological polar surface area (TPSA) is 26.3 Å². The van der Waals surface area contributed by atoms with Gasteiger partial charge in [-0.15, -0.1) is 13.2 Å². The number of halogens is 3. The van der Waals surface area contributed by atoms with Crippen LogP contribution in [-0.4, -0.2) is 12.3 Å². The summed E-state index contributed by atoms with van der Waals surface area (Å²) < 4.78 is 38.7. The highest BCUT2D eigenvalue weighted by Crippen LogP contribution is 2.20. The Bertz CT molecular complexity index is 358. The second-order valence-corrected chi connectivity index (χ2v) is 2.85. The molecule has 0 heterocycles. The smallest absolute Gasteiger partial charge is 0.369 e. The van der Waals surface area contributed by atoms with Crippen LogP contribution < -0.4 is 0 Å². The number of hydrogen-bond acceptors (Lipinski definition) is 2. The summed E-state index contributed by atoms with van der Waals surface area (Å²) >= 11 is 0. The quantitative estimate of drug-likeness (QED) is 0.713. The van der Waals surface area contributed by atoms with E-state index in [2.05, 4.69) is 4.74 Å². The third kappa shape index (κ3) is 3.27. The highest BCUT2D eigenvalue weighted by molar-refractivity contribution is 5.91. The number of benzene rings is 1. The van der Waals surface area contributed by atoms with Crippen molar-refractivity contribution in [2.75, 3.05) is 0 Å². The number of hydrogen-bond donors (Lipinski definition) is 0. The maximum atomic E-state index is 11.8. The van der Waals surface area contributed by atoms with Crippen LogP contribution in [0, 0.1) is 0 Å². The van der Waals surface area contributed by atoms with Crippen LogP contribution in [0.2, 0.25) is 0 Å². The van der Waals surface area contributed by atoms with Crippen molar-refractivity contribution in [3.8, 4) is 0 Å². The number of alkyl halides is 3. The molecule has 0 saturated heterocycles. The molecule has 1 rings (SSSR count). The summed E-state index contributed by atoms with van der Waals surface area (Å²) in [6, 6.07) is 6.05. The summed E-state index contributed by atoms with van der Waals surface area (Å²) in [5.74, 6) is -1.36. The molecular formula is C10H9F3O2. The Morgan fingerprint density at radius 1 is 1.33 bits per heavy atom. The van der Waals surface area contributed by atoms with Gasteiger partial charge in [-0.05, 0) is 18.1 Å². The maximum absolute atomic E-state index is 11.8. The van der Waals surface area contributed by atoms with E-state index >= 15 is 0 Å². The summed E-state index contributed by atoms with van der Waals surface area (Å²) in [6.07, 6.45) is -4.46. The normalized spacial score (nSPS) is 11.2. The first-order valence-electron chi connectivity index (χ1n) is 4.32. The van der Waals surface area contributed by atoms with Crippen LogP contribution in [0.3, 0.4) is 0 Å². The largest absolute Gasteiger partial charge is 0.575 e. The molecule has 0 fully saturated rings. The van der Waals surface area contributed by atoms with Gasteiger partial charge in [-0.3, -0.25) is 0 Å². The molecule has 1 aromatic rings. The van der Waals surface area contributed by atoms with Crippen molar-refractivity contribution in [2.24, 2.45) is 0 Å². The third-order valence-corrected chi connectivity index (χ3v) is 1.83. The fourth-order valence-corrected chi connectivity index (χ4v) is 1.19. The lowest BCUT2D eigenvalue weighted by atomic mass is 10.1. The van der Waals surface area contributed by atoms with Crippen LogP contribution >= 0.6 is 0 Å². The van der Waals surface area contributed by atoms with E-state index < -0.39 is 12.3 Å². The summed E-state index contributed by atoms with van der Waals surface area (Å²) in [6.45, 7) is 1.75. The summed E-state index contributed by atoms with van der Waals surface area (Å²) in [5, 5.41) is 0. The van der Waals surface area contributed by atoms with Gasteiger partial charge in [0.05, 0.1) is 5.56 Å². The lowest BCUT2D eigenvalue weighted by Crippen LogP contribution is -2.20. The van der Waals surface area contributed by atoms with Gasteiger partial charge >= 0.3 is 12.3 Å². The first-order chi connectivity index (χ1) is 6.94. The van der Waals surface area contributed by atoms with Gasteiger partial charge in [0.2, 0.25) is 0 Å². The molecule has 15 heavy (non-hydrogen) atoms. The predicted octanol–water partition coefficient (Wildman–Crippen LogP) is 2.93. The molecular weight excluding hydrogens is 209 g/mol. The first-order valence-corrected chi connectivity index (χ1v) is 4.32. The second kappa shape index (κ2) is 4.33. The lowest BCUT2D eigenvalue weighted by Gasteiger charge is -2.09. The van der Waals surface area contributed by atoms with Crippen molar-refractivity contribution in [3.63, 3.8) is 0 Å². The Labute approximate surface area is 84.7 Å². The van der Waals surface area contributed by atoms with E-state index in [1.165, 1.54) is 12.1 Å². The van der Waals surface area contributed by atoms with Gasteiger partial charge < -0.3 is 4.74 Å². The van der Waals surface area contributed by atoms with Gasteiger partial charge in [0.1, 0.15) is 0 Å². The van der Waals surface area contributed by atoms with E-state index in [0.29, 0.717) is 12.0 Å². The average Bonchev–Trinajstić information content (AvgIpc) is 2.15. The summed E-state index contributed by atoms with van der Waals surface area (Å²) in [4.78, 5) is 11.1. The maximum Gasteiger partial charge on any atom is 0.575 e. The fourth-order valence-electron chi connectivity index (χ4n) is 1.19. The molecule has 5 heteroatoms. The van der Waals surface area contributed by atoms with E-state index in [9.17, 15) is 18.0 Å². The van der Waals surface area contributed by atoms with E-state index in [0.717, 1.165) is 0 Å². The van der Waals surface area contributed by atoms with Crippen LogP contribution in [0.5, 0.6) is 0 Å². The van der Waals surface area contributed by atoms with Gasteiger partial charge in [-0.1, -0.05) is 25.1 Å². The minimum absolute atomic E-state index is 0.0441. The van der Waals surface area contributed by atoms with Gasteiger partial charge in [-0.25, -0.2) is 4.79 Å². The van der Waals surface area contributed by atoms with Gasteiger partial charge in [-0.2, -0.15) is 0 Å². The zero-order valence-corrected chi connectivity index (χ0v) is 7.97. The molecule has 2 nitrogen and oxygen atoms in total. The number of aryl methyl sites for hydroxylation is 1. The molecule has 0 amide bonds. The SMILES string of the molecule is CCc1ccccc1C(=O)OC(F)(F)F. The minimum Gasteiger partial charge on any atom is -0.369 e. The lowest BCUT2D eigenvalue weighted by molar-refractivity contribution is -0.291. The number of carbonyl (C=O) groups excluding carboxylic acids is 1. The summed E-state index contributed by atoms with van der Waals surface area (Å²) in [7, 11) is 0. The predicted molar refractivity (Wildman–Crippen MR) is 47.3 cm³/mol. The Kier molecular flexibility index (Phi) is 3.34. The Morgan fingerprint density at radius 2 is 1.93 bits per heavy atom. The van der Waals surface area contributed by atoms with Gasteiger partial charge in [0, 0.05) is 0 Å². The molecule has 0 aromatic heterocycles. The van der Waals surface area contributed by atoms with Crippen molar-refractivity contribution in [2.45, 2.75) is 19.7 Å². The van der Waals surface area contributed by atoms with Crippen molar-refractivity contribution < 1.29 is 22.7 Å². The second-order valence-electron chi connectivity index (χ2n) is 2.85. The average molecular weight is 218 g/mol.